The number of carbonyl (C=O) groups excluding carboxylic acids is 1. The van der Waals surface area contributed by atoms with E-state index in [0.29, 0.717) is 5.56 Å². The Kier molecular flexibility index (Phi) is 4.84. The van der Waals surface area contributed by atoms with E-state index in [9.17, 15) is 13.6 Å². The van der Waals surface area contributed by atoms with Crippen molar-refractivity contribution in [2.24, 2.45) is 5.73 Å². The van der Waals surface area contributed by atoms with Crippen LogP contribution in [0.3, 0.4) is 0 Å². The van der Waals surface area contributed by atoms with Crippen LogP contribution in [0.25, 0.3) is 0 Å². The number of hydrogen-bond donors (Lipinski definition) is 2. The van der Waals surface area contributed by atoms with Crippen LogP contribution in [-0.2, 0) is 11.3 Å². The third-order valence-corrected chi connectivity index (χ3v) is 2.00. The summed E-state index contributed by atoms with van der Waals surface area (Å²) in [5, 5.41) is 2.57. The van der Waals surface area contributed by atoms with Crippen LogP contribution in [-0.4, -0.2) is 18.6 Å². The van der Waals surface area contributed by atoms with Gasteiger partial charge < -0.3 is 15.8 Å². The van der Waals surface area contributed by atoms with Crippen molar-refractivity contribution in [3.05, 3.63) is 29.8 Å². The number of nitrogens with two attached hydrogens (primary N) is 1. The van der Waals surface area contributed by atoms with Crippen LogP contribution in [0.5, 0.6) is 5.75 Å². The Bertz CT molecular complexity index is 383. The lowest BCUT2D eigenvalue weighted by molar-refractivity contribution is -0.122. The van der Waals surface area contributed by atoms with Gasteiger partial charge in [-0.05, 0) is 24.6 Å². The van der Waals surface area contributed by atoms with Crippen LogP contribution < -0.4 is 15.8 Å². The van der Waals surface area contributed by atoms with E-state index in [1.54, 1.807) is 19.1 Å². The summed E-state index contributed by atoms with van der Waals surface area (Å²) in [7, 11) is 0. The van der Waals surface area contributed by atoms with Gasteiger partial charge in [0.1, 0.15) is 5.75 Å². The molecule has 0 aliphatic carbocycles. The first kappa shape index (κ1) is 13.4. The van der Waals surface area contributed by atoms with E-state index < -0.39 is 12.7 Å². The van der Waals surface area contributed by atoms with Crippen LogP contribution >= 0.6 is 0 Å². The second-order valence-corrected chi connectivity index (χ2v) is 3.53. The van der Waals surface area contributed by atoms with Gasteiger partial charge in [0.15, 0.2) is 0 Å². The number of nitrogens with one attached hydrogen (secondary N) is 1. The largest absolute Gasteiger partial charge is 0.435 e. The number of amides is 1. The van der Waals surface area contributed by atoms with Gasteiger partial charge in [-0.1, -0.05) is 12.1 Å². The molecule has 0 fully saturated rings. The maximum absolute atomic E-state index is 12.0. The third kappa shape index (κ3) is 4.78. The van der Waals surface area contributed by atoms with E-state index in [2.05, 4.69) is 10.1 Å². The molecular weight excluding hydrogens is 230 g/mol. The Balaban J connectivity index is 2.57. The first-order valence-corrected chi connectivity index (χ1v) is 5.06. The Labute approximate surface area is 97.8 Å². The van der Waals surface area contributed by atoms with Crippen LogP contribution in [0.1, 0.15) is 12.5 Å². The zero-order valence-electron chi connectivity index (χ0n) is 9.32. The zero-order valence-corrected chi connectivity index (χ0v) is 9.32. The van der Waals surface area contributed by atoms with Gasteiger partial charge in [-0.2, -0.15) is 8.78 Å². The predicted molar refractivity (Wildman–Crippen MR) is 58.6 cm³/mol. The zero-order chi connectivity index (χ0) is 12.8. The maximum Gasteiger partial charge on any atom is 0.387 e. The van der Waals surface area contributed by atoms with E-state index in [0.717, 1.165) is 0 Å². The van der Waals surface area contributed by atoms with Crippen molar-refractivity contribution in [3.8, 4) is 5.75 Å². The topological polar surface area (TPSA) is 64.4 Å². The summed E-state index contributed by atoms with van der Waals surface area (Å²) in [6.07, 6.45) is 0. The van der Waals surface area contributed by atoms with Gasteiger partial charge in [0.2, 0.25) is 5.91 Å². The molecule has 0 heterocycles. The summed E-state index contributed by atoms with van der Waals surface area (Å²) in [6, 6.07) is 5.53. The molecule has 0 bridgehead atoms. The highest BCUT2D eigenvalue weighted by atomic mass is 19.3. The van der Waals surface area contributed by atoms with E-state index in [1.807, 2.05) is 0 Å². The SMILES string of the molecule is C[C@H](N)C(=O)NCc1cccc(OC(F)F)c1. The molecule has 3 N–H and O–H groups in total. The monoisotopic (exact) mass is 244 g/mol. The number of rotatable bonds is 5. The summed E-state index contributed by atoms with van der Waals surface area (Å²) in [4.78, 5) is 11.2. The van der Waals surface area contributed by atoms with Crippen LogP contribution in [0.15, 0.2) is 24.3 Å². The van der Waals surface area contributed by atoms with Crippen molar-refractivity contribution in [2.45, 2.75) is 26.1 Å². The molecule has 17 heavy (non-hydrogen) atoms. The molecule has 1 aromatic rings. The molecule has 0 aliphatic heterocycles. The highest BCUT2D eigenvalue weighted by Crippen LogP contribution is 2.15. The fourth-order valence-electron chi connectivity index (χ4n) is 1.18. The molecule has 94 valence electrons. The smallest absolute Gasteiger partial charge is 0.387 e. The summed E-state index contributed by atoms with van der Waals surface area (Å²) in [5.41, 5.74) is 6.02. The van der Waals surface area contributed by atoms with Gasteiger partial charge in [-0.25, -0.2) is 0 Å². The van der Waals surface area contributed by atoms with Gasteiger partial charge in [0, 0.05) is 6.54 Å². The van der Waals surface area contributed by atoms with Crippen molar-refractivity contribution in [2.75, 3.05) is 0 Å². The summed E-state index contributed by atoms with van der Waals surface area (Å²) < 4.78 is 28.2. The number of carbonyl (C=O) groups is 1. The van der Waals surface area contributed by atoms with Crippen molar-refractivity contribution in [1.82, 2.24) is 5.32 Å². The molecule has 0 aliphatic rings. The normalized spacial score (nSPS) is 12.3. The summed E-state index contributed by atoms with van der Waals surface area (Å²) in [6.45, 7) is -1.07. The molecule has 1 aromatic carbocycles. The lowest BCUT2D eigenvalue weighted by Gasteiger charge is -2.09. The van der Waals surface area contributed by atoms with E-state index in [-0.39, 0.29) is 18.2 Å². The van der Waals surface area contributed by atoms with Gasteiger partial charge in [0.05, 0.1) is 6.04 Å². The number of halogens is 2. The molecule has 0 saturated heterocycles. The third-order valence-electron chi connectivity index (χ3n) is 2.00. The highest BCUT2D eigenvalue weighted by Gasteiger charge is 2.07. The Morgan fingerprint density at radius 2 is 2.24 bits per heavy atom. The highest BCUT2D eigenvalue weighted by molar-refractivity contribution is 5.80. The quantitative estimate of drug-likeness (QED) is 0.819. The molecule has 1 rings (SSSR count). The lowest BCUT2D eigenvalue weighted by atomic mass is 10.2. The fraction of sp³-hybridized carbons (Fsp3) is 0.364. The van der Waals surface area contributed by atoms with Gasteiger partial charge in [-0.3, -0.25) is 4.79 Å². The molecule has 0 saturated carbocycles. The second kappa shape index (κ2) is 6.15. The summed E-state index contributed by atoms with van der Waals surface area (Å²) in [5.74, 6) is -0.238. The minimum atomic E-state index is -2.86. The van der Waals surface area contributed by atoms with Gasteiger partial charge in [0.25, 0.3) is 0 Å². The Morgan fingerprint density at radius 1 is 1.53 bits per heavy atom. The fourth-order valence-corrected chi connectivity index (χ4v) is 1.18. The molecule has 1 atom stereocenters. The average molecular weight is 244 g/mol. The van der Waals surface area contributed by atoms with Gasteiger partial charge >= 0.3 is 6.61 Å². The second-order valence-electron chi connectivity index (χ2n) is 3.53. The molecule has 0 aromatic heterocycles. The van der Waals surface area contributed by atoms with Crippen molar-refractivity contribution < 1.29 is 18.3 Å². The maximum atomic E-state index is 12.0. The predicted octanol–water partition coefficient (Wildman–Crippen LogP) is 1.25. The number of hydrogen-bond acceptors (Lipinski definition) is 3. The van der Waals surface area contributed by atoms with Crippen LogP contribution in [0.2, 0.25) is 0 Å². The molecule has 6 heteroatoms. The van der Waals surface area contributed by atoms with E-state index in [4.69, 9.17) is 5.73 Å². The molecular formula is C11H14F2N2O2. The first-order chi connectivity index (χ1) is 7.99. The van der Waals surface area contributed by atoms with Crippen molar-refractivity contribution >= 4 is 5.91 Å². The molecule has 0 spiro atoms. The summed E-state index contributed by atoms with van der Waals surface area (Å²) >= 11 is 0. The van der Waals surface area contributed by atoms with Crippen LogP contribution in [0, 0.1) is 0 Å². The Hall–Kier alpha value is -1.69. The molecule has 0 unspecified atom stereocenters. The molecule has 4 nitrogen and oxygen atoms in total. The number of benzene rings is 1. The van der Waals surface area contributed by atoms with Crippen molar-refractivity contribution in [1.29, 1.82) is 0 Å². The van der Waals surface area contributed by atoms with Crippen molar-refractivity contribution in [3.63, 3.8) is 0 Å². The minimum Gasteiger partial charge on any atom is -0.435 e. The number of ether oxygens (including phenoxy) is 1. The van der Waals surface area contributed by atoms with E-state index >= 15 is 0 Å². The van der Waals surface area contributed by atoms with E-state index in [1.165, 1.54) is 12.1 Å². The van der Waals surface area contributed by atoms with Gasteiger partial charge in [-0.15, -0.1) is 0 Å². The lowest BCUT2D eigenvalue weighted by Crippen LogP contribution is -2.37. The molecule has 0 radical (unpaired) electrons. The standard InChI is InChI=1S/C11H14F2N2O2/c1-7(14)10(16)15-6-8-3-2-4-9(5-8)17-11(12)13/h2-5,7,11H,6,14H2,1H3,(H,15,16)/t7-/m0/s1. The molecule has 1 amide bonds. The first-order valence-electron chi connectivity index (χ1n) is 5.06. The number of alkyl halides is 2. The average Bonchev–Trinajstić information content (AvgIpc) is 2.25. The van der Waals surface area contributed by atoms with Crippen LogP contribution in [0.4, 0.5) is 8.78 Å². The minimum absolute atomic E-state index is 0.0625. The Morgan fingerprint density at radius 3 is 2.82 bits per heavy atom.